The Labute approximate surface area is 128 Å². The summed E-state index contributed by atoms with van der Waals surface area (Å²) in [5.41, 5.74) is 0.778. The molecule has 1 amide bonds. The standard InChI is InChI=1S/C14H10BrFN2O3/c1-8-6-9(2-5-12(8)15)17-14(19)11-4-3-10(18(20)21)7-13(11)16/h2-7H,1H3,(H,17,19). The van der Waals surface area contributed by atoms with E-state index in [-0.39, 0.29) is 5.56 Å². The van der Waals surface area contributed by atoms with Gasteiger partial charge in [0.05, 0.1) is 16.6 Å². The predicted octanol–water partition coefficient (Wildman–Crippen LogP) is 4.06. The topological polar surface area (TPSA) is 72.2 Å². The summed E-state index contributed by atoms with van der Waals surface area (Å²) < 4.78 is 14.6. The van der Waals surface area contributed by atoms with Crippen LogP contribution in [0.5, 0.6) is 0 Å². The first kappa shape index (κ1) is 15.1. The molecule has 7 heteroatoms. The van der Waals surface area contributed by atoms with Crippen LogP contribution in [0.3, 0.4) is 0 Å². The lowest BCUT2D eigenvalue weighted by atomic mass is 10.1. The van der Waals surface area contributed by atoms with Crippen LogP contribution in [0.25, 0.3) is 0 Å². The van der Waals surface area contributed by atoms with E-state index in [1.807, 2.05) is 6.92 Å². The summed E-state index contributed by atoms with van der Waals surface area (Å²) in [6, 6.07) is 8.06. The predicted molar refractivity (Wildman–Crippen MR) is 79.9 cm³/mol. The largest absolute Gasteiger partial charge is 0.322 e. The van der Waals surface area contributed by atoms with Crippen molar-refractivity contribution in [3.63, 3.8) is 0 Å². The Bertz CT molecular complexity index is 734. The summed E-state index contributed by atoms with van der Waals surface area (Å²) in [4.78, 5) is 21.8. The van der Waals surface area contributed by atoms with Crippen molar-refractivity contribution in [1.82, 2.24) is 0 Å². The minimum Gasteiger partial charge on any atom is -0.322 e. The lowest BCUT2D eigenvalue weighted by molar-refractivity contribution is -0.385. The van der Waals surface area contributed by atoms with Crippen molar-refractivity contribution in [3.8, 4) is 0 Å². The summed E-state index contributed by atoms with van der Waals surface area (Å²) in [6.45, 7) is 1.85. The third-order valence-corrected chi connectivity index (χ3v) is 3.71. The van der Waals surface area contributed by atoms with Crippen LogP contribution in [0.15, 0.2) is 40.9 Å². The molecule has 0 atom stereocenters. The maximum absolute atomic E-state index is 13.7. The van der Waals surface area contributed by atoms with Crippen LogP contribution in [0.1, 0.15) is 15.9 Å². The zero-order chi connectivity index (χ0) is 15.6. The van der Waals surface area contributed by atoms with E-state index in [4.69, 9.17) is 0 Å². The van der Waals surface area contributed by atoms with Crippen molar-refractivity contribution < 1.29 is 14.1 Å². The summed E-state index contributed by atoms with van der Waals surface area (Å²) in [6.07, 6.45) is 0. The number of hydrogen-bond donors (Lipinski definition) is 1. The molecule has 2 aromatic carbocycles. The van der Waals surface area contributed by atoms with Crippen LogP contribution in [-0.4, -0.2) is 10.8 Å². The van der Waals surface area contributed by atoms with E-state index in [1.54, 1.807) is 18.2 Å². The van der Waals surface area contributed by atoms with Gasteiger partial charge in [0.25, 0.3) is 11.6 Å². The van der Waals surface area contributed by atoms with Gasteiger partial charge in [0.2, 0.25) is 0 Å². The summed E-state index contributed by atoms with van der Waals surface area (Å²) in [5, 5.41) is 13.1. The Morgan fingerprint density at radius 3 is 2.57 bits per heavy atom. The molecule has 0 saturated heterocycles. The molecule has 2 rings (SSSR count). The van der Waals surface area contributed by atoms with Crippen LogP contribution >= 0.6 is 15.9 Å². The van der Waals surface area contributed by atoms with Crippen molar-refractivity contribution in [2.45, 2.75) is 6.92 Å². The molecule has 0 aliphatic rings. The molecule has 108 valence electrons. The monoisotopic (exact) mass is 352 g/mol. The van der Waals surface area contributed by atoms with E-state index < -0.39 is 22.3 Å². The highest BCUT2D eigenvalue weighted by Gasteiger charge is 2.16. The zero-order valence-corrected chi connectivity index (χ0v) is 12.5. The van der Waals surface area contributed by atoms with Gasteiger partial charge >= 0.3 is 0 Å². The lowest BCUT2D eigenvalue weighted by Crippen LogP contribution is -2.14. The third-order valence-electron chi connectivity index (χ3n) is 2.82. The van der Waals surface area contributed by atoms with Crippen LogP contribution in [0.2, 0.25) is 0 Å². The maximum Gasteiger partial charge on any atom is 0.272 e. The average Bonchev–Trinajstić information content (AvgIpc) is 2.42. The number of non-ortho nitro benzene ring substituents is 1. The van der Waals surface area contributed by atoms with E-state index in [0.29, 0.717) is 5.69 Å². The second kappa shape index (κ2) is 6.01. The molecule has 0 aliphatic carbocycles. The number of amides is 1. The number of carbonyl (C=O) groups is 1. The van der Waals surface area contributed by atoms with Gasteiger partial charge in [0, 0.05) is 16.2 Å². The molecule has 0 saturated carbocycles. The minimum atomic E-state index is -0.935. The minimum absolute atomic E-state index is 0.249. The summed E-state index contributed by atoms with van der Waals surface area (Å²) in [7, 11) is 0. The van der Waals surface area contributed by atoms with E-state index >= 15 is 0 Å². The van der Waals surface area contributed by atoms with E-state index in [1.165, 1.54) is 0 Å². The number of nitro benzene ring substituents is 1. The van der Waals surface area contributed by atoms with Gasteiger partial charge in [0.15, 0.2) is 0 Å². The Morgan fingerprint density at radius 1 is 1.29 bits per heavy atom. The van der Waals surface area contributed by atoms with Crippen LogP contribution < -0.4 is 5.32 Å². The number of nitro groups is 1. The number of nitrogens with zero attached hydrogens (tertiary/aromatic N) is 1. The first-order chi connectivity index (χ1) is 9.88. The lowest BCUT2D eigenvalue weighted by Gasteiger charge is -2.07. The van der Waals surface area contributed by atoms with E-state index in [2.05, 4.69) is 21.2 Å². The second-order valence-corrected chi connectivity index (χ2v) is 5.19. The number of hydrogen-bond acceptors (Lipinski definition) is 3. The number of anilines is 1. The first-order valence-corrected chi connectivity index (χ1v) is 6.69. The number of rotatable bonds is 3. The molecule has 0 radical (unpaired) electrons. The number of aryl methyl sites for hydroxylation is 1. The quantitative estimate of drug-likeness (QED) is 0.668. The third kappa shape index (κ3) is 3.43. The van der Waals surface area contributed by atoms with Gasteiger partial charge in [-0.2, -0.15) is 0 Å². The molecular formula is C14H10BrFN2O3. The van der Waals surface area contributed by atoms with Gasteiger partial charge < -0.3 is 5.32 Å². The number of nitrogens with one attached hydrogen (secondary N) is 1. The van der Waals surface area contributed by atoms with Crippen molar-refractivity contribution in [2.24, 2.45) is 0 Å². The van der Waals surface area contributed by atoms with E-state index in [0.717, 1.165) is 28.2 Å². The highest BCUT2D eigenvalue weighted by molar-refractivity contribution is 9.10. The Balaban J connectivity index is 2.24. The van der Waals surface area contributed by atoms with Gasteiger partial charge in [-0.3, -0.25) is 14.9 Å². The molecule has 1 N–H and O–H groups in total. The highest BCUT2D eigenvalue weighted by Crippen LogP contribution is 2.22. The van der Waals surface area contributed by atoms with Gasteiger partial charge in [-0.1, -0.05) is 15.9 Å². The SMILES string of the molecule is Cc1cc(NC(=O)c2ccc([N+](=O)[O-])cc2F)ccc1Br. The number of benzene rings is 2. The van der Waals surface area contributed by atoms with Crippen LogP contribution in [0, 0.1) is 22.9 Å². The fraction of sp³-hybridized carbons (Fsp3) is 0.0714. The van der Waals surface area contributed by atoms with Crippen molar-refractivity contribution >= 4 is 33.2 Å². The van der Waals surface area contributed by atoms with Gasteiger partial charge in [-0.25, -0.2) is 4.39 Å². The smallest absolute Gasteiger partial charge is 0.272 e. The van der Waals surface area contributed by atoms with Gasteiger partial charge in [-0.15, -0.1) is 0 Å². The molecule has 2 aromatic rings. The van der Waals surface area contributed by atoms with Crippen LogP contribution in [-0.2, 0) is 0 Å². The molecule has 0 bridgehead atoms. The maximum atomic E-state index is 13.7. The van der Waals surface area contributed by atoms with Crippen LogP contribution in [0.4, 0.5) is 15.8 Å². The second-order valence-electron chi connectivity index (χ2n) is 4.34. The first-order valence-electron chi connectivity index (χ1n) is 5.90. The molecule has 0 aromatic heterocycles. The van der Waals surface area contributed by atoms with Crippen molar-refractivity contribution in [3.05, 3.63) is 67.9 Å². The number of carbonyl (C=O) groups excluding carboxylic acids is 1. The normalized spacial score (nSPS) is 10.2. The molecule has 0 aliphatic heterocycles. The highest BCUT2D eigenvalue weighted by atomic mass is 79.9. The van der Waals surface area contributed by atoms with Gasteiger partial charge in [0.1, 0.15) is 5.82 Å². The molecule has 0 heterocycles. The zero-order valence-electron chi connectivity index (χ0n) is 10.9. The fourth-order valence-corrected chi connectivity index (χ4v) is 1.97. The Kier molecular flexibility index (Phi) is 4.32. The average molecular weight is 353 g/mol. The Morgan fingerprint density at radius 2 is 2.00 bits per heavy atom. The molecular weight excluding hydrogens is 343 g/mol. The summed E-state index contributed by atoms with van der Waals surface area (Å²) >= 11 is 3.34. The Hall–Kier alpha value is -2.28. The fourth-order valence-electron chi connectivity index (χ4n) is 1.72. The van der Waals surface area contributed by atoms with Crippen molar-refractivity contribution in [1.29, 1.82) is 0 Å². The van der Waals surface area contributed by atoms with E-state index in [9.17, 15) is 19.3 Å². The molecule has 5 nitrogen and oxygen atoms in total. The van der Waals surface area contributed by atoms with Gasteiger partial charge in [-0.05, 0) is 36.8 Å². The van der Waals surface area contributed by atoms with Crippen molar-refractivity contribution in [2.75, 3.05) is 5.32 Å². The molecule has 21 heavy (non-hydrogen) atoms. The molecule has 0 unspecified atom stereocenters. The molecule has 0 spiro atoms. The molecule has 0 fully saturated rings. The number of halogens is 2. The summed E-state index contributed by atoms with van der Waals surface area (Å²) in [5.74, 6) is -1.60.